The van der Waals surface area contributed by atoms with Crippen LogP contribution in [0.25, 0.3) is 0 Å². The third-order valence-electron chi connectivity index (χ3n) is 11.2. The van der Waals surface area contributed by atoms with E-state index in [1.54, 1.807) is 0 Å². The van der Waals surface area contributed by atoms with Crippen molar-refractivity contribution in [1.82, 2.24) is 0 Å². The molecular weight excluding hydrogens is 542 g/mol. The molecule has 43 heavy (non-hydrogen) atoms. The highest BCUT2D eigenvalue weighted by Gasteiger charge is 2.66. The number of hydrogen-bond acceptors (Lipinski definition) is 7. The number of ketones is 2. The molecule has 0 amide bonds. The molecule has 5 aliphatic rings. The van der Waals surface area contributed by atoms with Gasteiger partial charge in [-0.1, -0.05) is 43.4 Å². The summed E-state index contributed by atoms with van der Waals surface area (Å²) in [5.41, 5.74) is 4.92. The van der Waals surface area contributed by atoms with Crippen molar-refractivity contribution in [2.75, 3.05) is 44.4 Å². The van der Waals surface area contributed by atoms with Crippen LogP contribution < -0.4 is 4.90 Å². The molecule has 1 aromatic carbocycles. The first-order chi connectivity index (χ1) is 20.7. The molecule has 4 aliphatic carbocycles. The van der Waals surface area contributed by atoms with Gasteiger partial charge in [0.15, 0.2) is 18.2 Å². The van der Waals surface area contributed by atoms with Gasteiger partial charge in [0.25, 0.3) is 0 Å². The summed E-state index contributed by atoms with van der Waals surface area (Å²) in [4.78, 5) is 40.7. The van der Waals surface area contributed by atoms with E-state index in [4.69, 9.17) is 9.47 Å². The molecule has 1 aromatic rings. The topological polar surface area (TPSA) is 93.1 Å². The lowest BCUT2D eigenvalue weighted by Crippen LogP contribution is -2.52. The summed E-state index contributed by atoms with van der Waals surface area (Å²) in [6, 6.07) is 8.91. The van der Waals surface area contributed by atoms with Gasteiger partial charge >= 0.3 is 5.97 Å². The molecule has 228 valence electrons. The van der Waals surface area contributed by atoms with Gasteiger partial charge in [-0.05, 0) is 90.2 Å². The van der Waals surface area contributed by atoms with Gasteiger partial charge in [-0.3, -0.25) is 14.4 Å². The maximum atomic E-state index is 14.1. The SMILES string of the molecule is CC(=O)OCC(=O)[C@@]1(C#CCO)CC[C@H]2[C@@H]3CC(C)C4=CC(=O)CCC4=C3[C@@H](c3ccc(N4CCOCC4)cc3)C[C@@]21C. The summed E-state index contributed by atoms with van der Waals surface area (Å²) in [7, 11) is 0. The van der Waals surface area contributed by atoms with E-state index in [0.29, 0.717) is 12.8 Å². The van der Waals surface area contributed by atoms with E-state index in [2.05, 4.69) is 54.9 Å². The van der Waals surface area contributed by atoms with Gasteiger partial charge in [0.2, 0.25) is 0 Å². The number of aliphatic hydroxyl groups is 1. The molecule has 6 rings (SSSR count). The lowest BCUT2D eigenvalue weighted by molar-refractivity contribution is -0.150. The fourth-order valence-electron chi connectivity index (χ4n) is 9.23. The lowest BCUT2D eigenvalue weighted by atomic mass is 9.47. The van der Waals surface area contributed by atoms with Gasteiger partial charge in [0.1, 0.15) is 6.61 Å². The Morgan fingerprint density at radius 1 is 1.16 bits per heavy atom. The molecule has 1 N–H and O–H groups in total. The highest BCUT2D eigenvalue weighted by molar-refractivity contribution is 5.93. The van der Waals surface area contributed by atoms with E-state index in [1.807, 2.05) is 6.08 Å². The molecule has 0 bridgehead atoms. The number of hydrogen-bond donors (Lipinski definition) is 1. The second-order valence-electron chi connectivity index (χ2n) is 13.3. The molecule has 1 unspecified atom stereocenters. The minimum absolute atomic E-state index is 0.0685. The summed E-state index contributed by atoms with van der Waals surface area (Å²) in [6.07, 6.45) is 6.30. The average Bonchev–Trinajstić information content (AvgIpc) is 3.32. The van der Waals surface area contributed by atoms with Crippen LogP contribution in [0.1, 0.15) is 70.8 Å². The average molecular weight is 586 g/mol. The molecule has 3 fully saturated rings. The highest BCUT2D eigenvalue weighted by Crippen LogP contribution is 2.70. The van der Waals surface area contributed by atoms with E-state index in [0.717, 1.165) is 52.0 Å². The first kappa shape index (κ1) is 29.8. The Morgan fingerprint density at radius 3 is 2.60 bits per heavy atom. The molecule has 0 aromatic heterocycles. The van der Waals surface area contributed by atoms with Gasteiger partial charge in [-0.15, -0.1) is 0 Å². The summed E-state index contributed by atoms with van der Waals surface area (Å²) >= 11 is 0. The molecule has 0 spiro atoms. The van der Waals surface area contributed by atoms with Gasteiger partial charge in [0, 0.05) is 38.0 Å². The number of morpholine rings is 1. The standard InChI is InChI=1S/C36H43NO6/c1-23-19-30-32-11-13-36(12-4-16-38,33(41)22-43-24(2)39)35(32,3)21-31(34(30)28-10-9-27(40)20-29(23)28)25-5-7-26(8-6-25)37-14-17-42-18-15-37/h5-8,20,23,30-32,38H,9-11,13-19,21-22H2,1-3H3/t23?,30-,31+,32-,35-,36+/m0/s1. The first-order valence-corrected chi connectivity index (χ1v) is 15.9. The van der Waals surface area contributed by atoms with Crippen molar-refractivity contribution >= 4 is 23.2 Å². The minimum atomic E-state index is -1.01. The quantitative estimate of drug-likeness (QED) is 0.393. The predicted octanol–water partition coefficient (Wildman–Crippen LogP) is 4.78. The highest BCUT2D eigenvalue weighted by atomic mass is 16.5. The van der Waals surface area contributed by atoms with Gasteiger partial charge < -0.3 is 19.5 Å². The number of ether oxygens (including phenoxy) is 2. The Kier molecular flexibility index (Phi) is 8.12. The number of nitrogens with zero attached hydrogens (tertiary/aromatic N) is 1. The summed E-state index contributed by atoms with van der Waals surface area (Å²) in [6.45, 7) is 8.34. The third kappa shape index (κ3) is 5.07. The van der Waals surface area contributed by atoms with Crippen LogP contribution in [-0.2, 0) is 23.9 Å². The van der Waals surface area contributed by atoms with Crippen molar-refractivity contribution in [3.05, 3.63) is 52.6 Å². The first-order valence-electron chi connectivity index (χ1n) is 15.9. The molecular formula is C36H43NO6. The Balaban J connectivity index is 1.47. The predicted molar refractivity (Wildman–Crippen MR) is 163 cm³/mol. The number of carbonyl (C=O) groups excluding carboxylic acids is 3. The van der Waals surface area contributed by atoms with Crippen LogP contribution in [0.5, 0.6) is 0 Å². The van der Waals surface area contributed by atoms with E-state index in [1.165, 1.54) is 34.9 Å². The number of carbonyl (C=O) groups is 3. The van der Waals surface area contributed by atoms with Crippen LogP contribution >= 0.6 is 0 Å². The van der Waals surface area contributed by atoms with Crippen molar-refractivity contribution in [1.29, 1.82) is 0 Å². The Morgan fingerprint density at radius 2 is 1.91 bits per heavy atom. The fourth-order valence-corrected chi connectivity index (χ4v) is 9.23. The Labute approximate surface area is 254 Å². The zero-order valence-corrected chi connectivity index (χ0v) is 25.6. The largest absolute Gasteiger partial charge is 0.458 e. The summed E-state index contributed by atoms with van der Waals surface area (Å²) in [5.74, 6) is 6.49. The van der Waals surface area contributed by atoms with Crippen LogP contribution in [0.3, 0.4) is 0 Å². The number of fused-ring (bicyclic) bond motifs is 4. The number of rotatable bonds is 5. The number of anilines is 1. The maximum absolute atomic E-state index is 14.1. The van der Waals surface area contributed by atoms with Gasteiger partial charge in [-0.25, -0.2) is 0 Å². The van der Waals surface area contributed by atoms with Gasteiger partial charge in [0.05, 0.1) is 18.6 Å². The lowest BCUT2D eigenvalue weighted by Gasteiger charge is -2.55. The van der Waals surface area contributed by atoms with Crippen molar-refractivity contribution in [3.8, 4) is 11.8 Å². The van der Waals surface area contributed by atoms with Gasteiger partial charge in [-0.2, -0.15) is 0 Å². The smallest absolute Gasteiger partial charge is 0.303 e. The Bertz CT molecular complexity index is 1420. The molecule has 1 saturated heterocycles. The van der Waals surface area contributed by atoms with Crippen LogP contribution in [0.4, 0.5) is 5.69 Å². The molecule has 6 atom stereocenters. The molecule has 7 heteroatoms. The fraction of sp³-hybridized carbons (Fsp3) is 0.583. The summed E-state index contributed by atoms with van der Waals surface area (Å²) < 4.78 is 10.8. The second kappa shape index (κ2) is 11.7. The molecule has 7 nitrogen and oxygen atoms in total. The second-order valence-corrected chi connectivity index (χ2v) is 13.3. The monoisotopic (exact) mass is 585 g/mol. The van der Waals surface area contributed by atoms with Crippen molar-refractivity contribution in [2.24, 2.45) is 28.6 Å². The van der Waals surface area contributed by atoms with Crippen LogP contribution in [0.15, 0.2) is 47.1 Å². The van der Waals surface area contributed by atoms with Crippen molar-refractivity contribution in [3.63, 3.8) is 0 Å². The van der Waals surface area contributed by atoms with E-state index in [-0.39, 0.29) is 48.5 Å². The van der Waals surface area contributed by atoms with Crippen molar-refractivity contribution < 1.29 is 29.0 Å². The zero-order chi connectivity index (χ0) is 30.4. The minimum Gasteiger partial charge on any atom is -0.458 e. The normalized spacial score (nSPS) is 33.4. The van der Waals surface area contributed by atoms with E-state index in [9.17, 15) is 19.5 Å². The van der Waals surface area contributed by atoms with Crippen molar-refractivity contribution in [2.45, 2.75) is 65.2 Å². The maximum Gasteiger partial charge on any atom is 0.303 e. The number of esters is 1. The molecule has 0 radical (unpaired) electrons. The summed E-state index contributed by atoms with van der Waals surface area (Å²) in [5, 5.41) is 9.73. The van der Waals surface area contributed by atoms with E-state index >= 15 is 0 Å². The van der Waals surface area contributed by atoms with Crippen LogP contribution in [-0.4, -0.2) is 62.2 Å². The molecule has 2 saturated carbocycles. The zero-order valence-electron chi connectivity index (χ0n) is 25.6. The number of benzene rings is 1. The molecule has 1 aliphatic heterocycles. The van der Waals surface area contributed by atoms with Crippen LogP contribution in [0, 0.1) is 40.4 Å². The molecule has 1 heterocycles. The number of aliphatic hydroxyl groups excluding tert-OH is 1. The number of Topliss-reactive ketones (excluding diaryl/α,β-unsaturated/α-hetero) is 1. The third-order valence-corrected chi connectivity index (χ3v) is 11.2. The Hall–Kier alpha value is -3.21. The van der Waals surface area contributed by atoms with Crippen LogP contribution in [0.2, 0.25) is 0 Å². The van der Waals surface area contributed by atoms with E-state index < -0.39 is 16.8 Å². The number of allylic oxidation sites excluding steroid dienone is 4.